The van der Waals surface area contributed by atoms with Crippen molar-refractivity contribution in [2.75, 3.05) is 18.4 Å². The molecule has 0 unspecified atom stereocenters. The lowest BCUT2D eigenvalue weighted by atomic mass is 9.95. The zero-order chi connectivity index (χ0) is 18.4. The molecule has 1 fully saturated rings. The number of likely N-dealkylation sites (tertiary alicyclic amines) is 1. The highest BCUT2D eigenvalue weighted by atomic mass is 19.1. The van der Waals surface area contributed by atoms with Crippen molar-refractivity contribution in [2.24, 2.45) is 5.92 Å². The summed E-state index contributed by atoms with van der Waals surface area (Å²) >= 11 is 0. The number of hydrogen-bond donors (Lipinski definition) is 1. The Balaban J connectivity index is 1.49. The van der Waals surface area contributed by atoms with Crippen LogP contribution in [0.3, 0.4) is 0 Å². The Morgan fingerprint density at radius 2 is 1.65 bits per heavy atom. The van der Waals surface area contributed by atoms with Gasteiger partial charge in [-0.1, -0.05) is 30.3 Å². The number of nitrogens with one attached hydrogen (secondary N) is 1. The zero-order valence-electron chi connectivity index (χ0n) is 14.4. The molecule has 1 aliphatic rings. The van der Waals surface area contributed by atoms with Gasteiger partial charge >= 0.3 is 0 Å². The third kappa shape index (κ3) is 4.79. The maximum Gasteiger partial charge on any atom is 0.246 e. The van der Waals surface area contributed by atoms with Gasteiger partial charge < -0.3 is 10.2 Å². The summed E-state index contributed by atoms with van der Waals surface area (Å²) in [7, 11) is 0. The minimum absolute atomic E-state index is 0.00477. The van der Waals surface area contributed by atoms with Crippen molar-refractivity contribution in [2.45, 2.75) is 12.8 Å². The first-order valence-electron chi connectivity index (χ1n) is 8.70. The number of nitrogens with zero attached hydrogens (tertiary/aromatic N) is 1. The molecule has 3 rings (SSSR count). The SMILES string of the molecule is O=C(Nc1ccccc1)C1CCN(C(=O)/C=C/c2ccc(F)cc2)CC1. The van der Waals surface area contributed by atoms with Crippen molar-refractivity contribution < 1.29 is 14.0 Å². The van der Waals surface area contributed by atoms with Crippen molar-refractivity contribution >= 4 is 23.6 Å². The Morgan fingerprint density at radius 3 is 2.31 bits per heavy atom. The highest BCUT2D eigenvalue weighted by Gasteiger charge is 2.26. The van der Waals surface area contributed by atoms with E-state index in [-0.39, 0.29) is 23.5 Å². The summed E-state index contributed by atoms with van der Waals surface area (Å²) in [6.07, 6.45) is 4.47. The van der Waals surface area contributed by atoms with Crippen LogP contribution >= 0.6 is 0 Å². The maximum absolute atomic E-state index is 12.9. The Labute approximate surface area is 152 Å². The molecule has 1 heterocycles. The predicted molar refractivity (Wildman–Crippen MR) is 99.8 cm³/mol. The maximum atomic E-state index is 12.9. The number of piperidine rings is 1. The second-order valence-corrected chi connectivity index (χ2v) is 6.34. The van der Waals surface area contributed by atoms with Gasteiger partial charge in [-0.3, -0.25) is 9.59 Å². The predicted octanol–water partition coefficient (Wildman–Crippen LogP) is 3.72. The summed E-state index contributed by atoms with van der Waals surface area (Å²) in [5.41, 5.74) is 1.56. The molecule has 0 aromatic heterocycles. The van der Waals surface area contributed by atoms with E-state index in [2.05, 4.69) is 5.32 Å². The van der Waals surface area contributed by atoms with Crippen LogP contribution in [0.5, 0.6) is 0 Å². The van der Waals surface area contributed by atoms with Gasteiger partial charge in [-0.25, -0.2) is 4.39 Å². The van der Waals surface area contributed by atoms with E-state index in [9.17, 15) is 14.0 Å². The lowest BCUT2D eigenvalue weighted by Crippen LogP contribution is -2.40. The molecule has 2 aromatic rings. The number of carbonyl (C=O) groups excluding carboxylic acids is 2. The first-order chi connectivity index (χ1) is 12.6. The van der Waals surface area contributed by atoms with Gasteiger partial charge in [-0.2, -0.15) is 0 Å². The van der Waals surface area contributed by atoms with Crippen molar-refractivity contribution in [3.8, 4) is 0 Å². The third-order valence-electron chi connectivity index (χ3n) is 4.51. The number of halogens is 1. The van der Waals surface area contributed by atoms with Crippen LogP contribution in [0, 0.1) is 11.7 Å². The van der Waals surface area contributed by atoms with E-state index in [1.54, 1.807) is 23.1 Å². The molecule has 1 aliphatic heterocycles. The molecule has 0 spiro atoms. The standard InChI is InChI=1S/C21H21FN2O2/c22-18-9-6-16(7-10-18)8-11-20(25)24-14-12-17(13-15-24)21(26)23-19-4-2-1-3-5-19/h1-11,17H,12-15H2,(H,23,26)/b11-8+. The van der Waals surface area contributed by atoms with E-state index in [4.69, 9.17) is 0 Å². The summed E-state index contributed by atoms with van der Waals surface area (Å²) in [5.74, 6) is -0.467. The van der Waals surface area contributed by atoms with Gasteiger partial charge in [-0.05, 0) is 48.7 Å². The van der Waals surface area contributed by atoms with Gasteiger partial charge in [0.2, 0.25) is 11.8 Å². The topological polar surface area (TPSA) is 49.4 Å². The van der Waals surface area contributed by atoms with Crippen LogP contribution in [0.4, 0.5) is 10.1 Å². The number of amides is 2. The minimum atomic E-state index is -0.302. The van der Waals surface area contributed by atoms with Crippen LogP contribution in [0.15, 0.2) is 60.7 Å². The Kier molecular flexibility index (Phi) is 5.79. The van der Waals surface area contributed by atoms with Gasteiger partial charge in [0, 0.05) is 30.8 Å². The molecule has 4 nitrogen and oxygen atoms in total. The molecule has 0 radical (unpaired) electrons. The van der Waals surface area contributed by atoms with Gasteiger partial charge in [0.25, 0.3) is 0 Å². The normalized spacial score (nSPS) is 15.2. The average molecular weight is 352 g/mol. The van der Waals surface area contributed by atoms with Crippen LogP contribution in [0.1, 0.15) is 18.4 Å². The molecule has 0 atom stereocenters. The van der Waals surface area contributed by atoms with E-state index in [1.165, 1.54) is 18.2 Å². The summed E-state index contributed by atoms with van der Waals surface area (Å²) in [6, 6.07) is 15.3. The molecule has 0 aliphatic carbocycles. The monoisotopic (exact) mass is 352 g/mol. The Bertz CT molecular complexity index is 779. The van der Waals surface area contributed by atoms with Crippen LogP contribution in [0.2, 0.25) is 0 Å². The fourth-order valence-electron chi connectivity index (χ4n) is 2.97. The Morgan fingerprint density at radius 1 is 1.00 bits per heavy atom. The largest absolute Gasteiger partial charge is 0.339 e. The van der Waals surface area contributed by atoms with Gasteiger partial charge in [-0.15, -0.1) is 0 Å². The van der Waals surface area contributed by atoms with E-state index in [0.29, 0.717) is 25.9 Å². The Hall–Kier alpha value is -2.95. The summed E-state index contributed by atoms with van der Waals surface area (Å²) < 4.78 is 12.9. The van der Waals surface area contributed by atoms with E-state index >= 15 is 0 Å². The second kappa shape index (κ2) is 8.43. The highest BCUT2D eigenvalue weighted by Crippen LogP contribution is 2.20. The van der Waals surface area contributed by atoms with Crippen molar-refractivity contribution in [1.82, 2.24) is 4.90 Å². The number of para-hydroxylation sites is 1. The van der Waals surface area contributed by atoms with Crippen LogP contribution in [-0.2, 0) is 9.59 Å². The molecular formula is C21H21FN2O2. The molecule has 5 heteroatoms. The smallest absolute Gasteiger partial charge is 0.246 e. The van der Waals surface area contributed by atoms with Crippen molar-refractivity contribution in [1.29, 1.82) is 0 Å². The number of rotatable bonds is 4. The molecule has 134 valence electrons. The van der Waals surface area contributed by atoms with E-state index < -0.39 is 0 Å². The molecule has 2 amide bonds. The molecule has 0 bridgehead atoms. The third-order valence-corrected chi connectivity index (χ3v) is 4.51. The van der Waals surface area contributed by atoms with Crippen molar-refractivity contribution in [3.05, 3.63) is 72.1 Å². The molecular weight excluding hydrogens is 331 g/mol. The van der Waals surface area contributed by atoms with E-state index in [1.807, 2.05) is 30.3 Å². The highest BCUT2D eigenvalue weighted by molar-refractivity contribution is 5.94. The summed E-state index contributed by atoms with van der Waals surface area (Å²) in [5, 5.41) is 2.92. The molecule has 1 saturated heterocycles. The summed E-state index contributed by atoms with van der Waals surface area (Å²) in [4.78, 5) is 26.3. The number of benzene rings is 2. The van der Waals surface area contributed by atoms with Gasteiger partial charge in [0.15, 0.2) is 0 Å². The molecule has 26 heavy (non-hydrogen) atoms. The fourth-order valence-corrected chi connectivity index (χ4v) is 2.97. The van der Waals surface area contributed by atoms with Gasteiger partial charge in [0.05, 0.1) is 0 Å². The lowest BCUT2D eigenvalue weighted by Gasteiger charge is -2.30. The lowest BCUT2D eigenvalue weighted by molar-refractivity contribution is -0.130. The average Bonchev–Trinajstić information content (AvgIpc) is 2.68. The van der Waals surface area contributed by atoms with Crippen molar-refractivity contribution in [3.63, 3.8) is 0 Å². The number of anilines is 1. The molecule has 0 saturated carbocycles. The first-order valence-corrected chi connectivity index (χ1v) is 8.70. The van der Waals surface area contributed by atoms with Crippen LogP contribution in [0.25, 0.3) is 6.08 Å². The minimum Gasteiger partial charge on any atom is -0.339 e. The molecule has 1 N–H and O–H groups in total. The summed E-state index contributed by atoms with van der Waals surface area (Å²) in [6.45, 7) is 1.11. The second-order valence-electron chi connectivity index (χ2n) is 6.34. The fraction of sp³-hybridized carbons (Fsp3) is 0.238. The number of hydrogen-bond acceptors (Lipinski definition) is 2. The van der Waals surface area contributed by atoms with Crippen LogP contribution in [-0.4, -0.2) is 29.8 Å². The number of carbonyl (C=O) groups is 2. The first kappa shape index (κ1) is 17.9. The van der Waals surface area contributed by atoms with Crippen LogP contribution < -0.4 is 5.32 Å². The zero-order valence-corrected chi connectivity index (χ0v) is 14.4. The van der Waals surface area contributed by atoms with Gasteiger partial charge in [0.1, 0.15) is 5.82 Å². The molecule has 2 aromatic carbocycles. The quantitative estimate of drug-likeness (QED) is 0.853. The van der Waals surface area contributed by atoms with E-state index in [0.717, 1.165) is 11.3 Å².